The number of hydrogen-bond acceptors (Lipinski definition) is 2. The lowest BCUT2D eigenvalue weighted by molar-refractivity contribution is 0.0697. The van der Waals surface area contributed by atoms with Crippen LogP contribution in [0.3, 0.4) is 0 Å². The maximum atomic E-state index is 13.9. The third kappa shape index (κ3) is 2.87. The molecule has 0 fully saturated rings. The molecule has 2 aromatic carbocycles. The molecule has 0 saturated heterocycles. The van der Waals surface area contributed by atoms with Gasteiger partial charge in [-0.1, -0.05) is 29.8 Å². The zero-order valence-corrected chi connectivity index (χ0v) is 11.8. The molecule has 0 heterocycles. The van der Waals surface area contributed by atoms with Crippen LogP contribution in [0.25, 0.3) is 0 Å². The first-order valence-electron chi connectivity index (χ1n) is 5.98. The van der Waals surface area contributed by atoms with E-state index >= 15 is 0 Å². The van der Waals surface area contributed by atoms with Crippen molar-refractivity contribution < 1.29 is 19.1 Å². The Morgan fingerprint density at radius 2 is 1.71 bits per heavy atom. The van der Waals surface area contributed by atoms with Gasteiger partial charge in [0.25, 0.3) is 5.91 Å². The van der Waals surface area contributed by atoms with Gasteiger partial charge in [-0.3, -0.25) is 4.79 Å². The molecule has 0 bridgehead atoms. The number of carboxylic acids is 1. The summed E-state index contributed by atoms with van der Waals surface area (Å²) in [5, 5.41) is 8.97. The molecule has 0 atom stereocenters. The standard InChI is InChI=1S/C15H11ClFNO3/c1-18(12-8-3-2-5-9(12)15(20)21)14(19)10-6-4-7-11(16)13(10)17/h2-8H,1H3,(H,20,21). The summed E-state index contributed by atoms with van der Waals surface area (Å²) in [7, 11) is 1.38. The van der Waals surface area contributed by atoms with E-state index in [1.165, 1.54) is 37.4 Å². The Labute approximate surface area is 125 Å². The van der Waals surface area contributed by atoms with E-state index in [0.29, 0.717) is 0 Å². The number of carbonyl (C=O) groups is 2. The lowest BCUT2D eigenvalue weighted by Gasteiger charge is -2.19. The first-order chi connectivity index (χ1) is 9.93. The Morgan fingerprint density at radius 1 is 1.10 bits per heavy atom. The van der Waals surface area contributed by atoms with Crippen molar-refractivity contribution >= 4 is 29.2 Å². The number of aromatic carboxylic acids is 1. The van der Waals surface area contributed by atoms with E-state index in [1.54, 1.807) is 12.1 Å². The molecular formula is C15H11ClFNO3. The van der Waals surface area contributed by atoms with Gasteiger partial charge in [-0.25, -0.2) is 9.18 Å². The molecule has 2 aromatic rings. The molecule has 1 N–H and O–H groups in total. The van der Waals surface area contributed by atoms with Crippen LogP contribution in [0.4, 0.5) is 10.1 Å². The number of carbonyl (C=O) groups excluding carboxylic acids is 1. The molecule has 1 amide bonds. The average Bonchev–Trinajstić information content (AvgIpc) is 2.48. The van der Waals surface area contributed by atoms with Crippen LogP contribution >= 0.6 is 11.6 Å². The summed E-state index contributed by atoms with van der Waals surface area (Å²) in [4.78, 5) is 24.6. The van der Waals surface area contributed by atoms with E-state index in [9.17, 15) is 14.0 Å². The molecule has 108 valence electrons. The molecule has 21 heavy (non-hydrogen) atoms. The first-order valence-corrected chi connectivity index (χ1v) is 6.35. The van der Waals surface area contributed by atoms with Crippen LogP contribution in [-0.4, -0.2) is 24.0 Å². The molecule has 0 spiro atoms. The van der Waals surface area contributed by atoms with Crippen molar-refractivity contribution in [1.82, 2.24) is 0 Å². The van der Waals surface area contributed by atoms with Gasteiger partial charge in [0.15, 0.2) is 5.82 Å². The minimum Gasteiger partial charge on any atom is -0.478 e. The molecule has 0 unspecified atom stereocenters. The number of benzene rings is 2. The highest BCUT2D eigenvalue weighted by Crippen LogP contribution is 2.24. The van der Waals surface area contributed by atoms with Crippen LogP contribution in [0, 0.1) is 5.82 Å². The van der Waals surface area contributed by atoms with Crippen LogP contribution in [0.1, 0.15) is 20.7 Å². The van der Waals surface area contributed by atoms with Crippen molar-refractivity contribution in [3.8, 4) is 0 Å². The summed E-state index contributed by atoms with van der Waals surface area (Å²) < 4.78 is 13.9. The van der Waals surface area contributed by atoms with E-state index in [0.717, 1.165) is 4.90 Å². The van der Waals surface area contributed by atoms with Crippen LogP contribution in [0.15, 0.2) is 42.5 Å². The summed E-state index contributed by atoms with van der Waals surface area (Å²) in [6.07, 6.45) is 0. The quantitative estimate of drug-likeness (QED) is 0.945. The molecule has 0 aliphatic rings. The van der Waals surface area contributed by atoms with Gasteiger partial charge in [-0.15, -0.1) is 0 Å². The van der Waals surface area contributed by atoms with Crippen LogP contribution < -0.4 is 4.90 Å². The van der Waals surface area contributed by atoms with Crippen LogP contribution in [0.2, 0.25) is 5.02 Å². The van der Waals surface area contributed by atoms with Gasteiger partial charge < -0.3 is 10.0 Å². The van der Waals surface area contributed by atoms with Crippen molar-refractivity contribution in [1.29, 1.82) is 0 Å². The van der Waals surface area contributed by atoms with Crippen LogP contribution in [0.5, 0.6) is 0 Å². The molecule has 2 rings (SSSR count). The van der Waals surface area contributed by atoms with Gasteiger partial charge in [0, 0.05) is 7.05 Å². The second-order valence-corrected chi connectivity index (χ2v) is 4.70. The van der Waals surface area contributed by atoms with Crippen molar-refractivity contribution in [2.75, 3.05) is 11.9 Å². The van der Waals surface area contributed by atoms with E-state index in [4.69, 9.17) is 16.7 Å². The zero-order valence-electron chi connectivity index (χ0n) is 11.0. The van der Waals surface area contributed by atoms with Crippen molar-refractivity contribution in [3.05, 3.63) is 64.4 Å². The summed E-state index contributed by atoms with van der Waals surface area (Å²) in [5.74, 6) is -2.68. The average molecular weight is 308 g/mol. The highest BCUT2D eigenvalue weighted by atomic mass is 35.5. The van der Waals surface area contributed by atoms with Crippen molar-refractivity contribution in [2.45, 2.75) is 0 Å². The fourth-order valence-corrected chi connectivity index (χ4v) is 2.08. The number of amides is 1. The summed E-state index contributed by atoms with van der Waals surface area (Å²) >= 11 is 5.65. The van der Waals surface area contributed by atoms with Gasteiger partial charge >= 0.3 is 5.97 Å². The maximum absolute atomic E-state index is 13.9. The monoisotopic (exact) mass is 307 g/mol. The molecule has 0 aliphatic carbocycles. The van der Waals surface area contributed by atoms with Crippen molar-refractivity contribution in [3.63, 3.8) is 0 Å². The Bertz CT molecular complexity index is 718. The Hall–Kier alpha value is -2.40. The highest BCUT2D eigenvalue weighted by Gasteiger charge is 2.22. The SMILES string of the molecule is CN(C(=O)c1cccc(Cl)c1F)c1ccccc1C(=O)O. The number of halogens is 2. The Balaban J connectivity index is 2.45. The predicted molar refractivity (Wildman–Crippen MR) is 77.5 cm³/mol. The summed E-state index contributed by atoms with van der Waals surface area (Å²) in [6.45, 7) is 0. The number of nitrogens with zero attached hydrogens (tertiary/aromatic N) is 1. The predicted octanol–water partition coefficient (Wildman–Crippen LogP) is 3.45. The van der Waals surface area contributed by atoms with Gasteiger partial charge in [0.05, 0.1) is 21.8 Å². The van der Waals surface area contributed by atoms with E-state index in [1.807, 2.05) is 0 Å². The molecule has 0 aliphatic heterocycles. The fourth-order valence-electron chi connectivity index (χ4n) is 1.91. The smallest absolute Gasteiger partial charge is 0.337 e. The third-order valence-electron chi connectivity index (χ3n) is 2.98. The normalized spacial score (nSPS) is 10.2. The lowest BCUT2D eigenvalue weighted by Crippen LogP contribution is -2.28. The summed E-state index contributed by atoms with van der Waals surface area (Å²) in [6, 6.07) is 10.1. The highest BCUT2D eigenvalue weighted by molar-refractivity contribution is 6.31. The minimum atomic E-state index is -1.17. The molecule has 0 saturated carbocycles. The van der Waals surface area contributed by atoms with Gasteiger partial charge in [-0.05, 0) is 24.3 Å². The van der Waals surface area contributed by atoms with E-state index in [-0.39, 0.29) is 21.8 Å². The van der Waals surface area contributed by atoms with Gasteiger partial charge in [0.2, 0.25) is 0 Å². The second-order valence-electron chi connectivity index (χ2n) is 4.29. The zero-order chi connectivity index (χ0) is 15.6. The summed E-state index contributed by atoms with van der Waals surface area (Å²) in [5.41, 5.74) is -0.0876. The number of para-hydroxylation sites is 1. The van der Waals surface area contributed by atoms with Crippen LogP contribution in [-0.2, 0) is 0 Å². The lowest BCUT2D eigenvalue weighted by atomic mass is 10.1. The number of anilines is 1. The first kappa shape index (κ1) is 15.0. The number of carboxylic acid groups (broad SMARTS) is 1. The Morgan fingerprint density at radius 3 is 2.38 bits per heavy atom. The molecule has 6 heteroatoms. The molecule has 0 aromatic heterocycles. The van der Waals surface area contributed by atoms with E-state index in [2.05, 4.69) is 0 Å². The third-order valence-corrected chi connectivity index (χ3v) is 3.27. The van der Waals surface area contributed by atoms with Gasteiger partial charge in [0.1, 0.15) is 0 Å². The van der Waals surface area contributed by atoms with Gasteiger partial charge in [-0.2, -0.15) is 0 Å². The topological polar surface area (TPSA) is 57.6 Å². The second kappa shape index (κ2) is 5.93. The minimum absolute atomic E-state index is 0.0456. The largest absolute Gasteiger partial charge is 0.478 e. The number of rotatable bonds is 3. The molecule has 0 radical (unpaired) electrons. The molecule has 4 nitrogen and oxygen atoms in total. The van der Waals surface area contributed by atoms with Crippen molar-refractivity contribution in [2.24, 2.45) is 0 Å². The Kier molecular flexibility index (Phi) is 4.23. The number of hydrogen-bond donors (Lipinski definition) is 1. The fraction of sp³-hybridized carbons (Fsp3) is 0.0667. The molecular weight excluding hydrogens is 297 g/mol. The van der Waals surface area contributed by atoms with E-state index < -0.39 is 17.7 Å². The maximum Gasteiger partial charge on any atom is 0.337 e.